The molecule has 0 saturated carbocycles. The van der Waals surface area contributed by atoms with Crippen LogP contribution in [0.15, 0.2) is 84.9 Å². The van der Waals surface area contributed by atoms with Crippen molar-refractivity contribution >= 4 is 33.7 Å². The average molecular weight is 793 g/mol. The summed E-state index contributed by atoms with van der Waals surface area (Å²) in [4.78, 5) is 29.0. The molecule has 2 aliphatic rings. The number of para-hydroxylation sites is 2. The molecule has 6 heteroatoms. The third-order valence-electron chi connectivity index (χ3n) is 13.6. The van der Waals surface area contributed by atoms with Crippen molar-refractivity contribution in [2.75, 3.05) is 0 Å². The first-order chi connectivity index (χ1) is 28.9. The van der Waals surface area contributed by atoms with Gasteiger partial charge in [-0.25, -0.2) is 14.0 Å². The van der Waals surface area contributed by atoms with Crippen molar-refractivity contribution in [2.24, 2.45) is 11.8 Å². The monoisotopic (exact) mass is 792 g/mol. The van der Waals surface area contributed by atoms with Crippen LogP contribution < -0.4 is 0 Å². The lowest BCUT2D eigenvalue weighted by atomic mass is 9.83. The first kappa shape index (κ1) is 40.8. The Morgan fingerprint density at radius 2 is 1.10 bits per heavy atom. The van der Waals surface area contributed by atoms with E-state index >= 15 is 4.39 Å². The molecule has 0 aliphatic heterocycles. The van der Waals surface area contributed by atoms with Crippen LogP contribution in [-0.2, 0) is 43.5 Å². The molecule has 0 bridgehead atoms. The van der Waals surface area contributed by atoms with E-state index in [9.17, 15) is 9.59 Å². The van der Waals surface area contributed by atoms with Crippen molar-refractivity contribution in [3.8, 4) is 0 Å². The minimum absolute atomic E-state index is 0.266. The molecule has 59 heavy (non-hydrogen) atoms. The third kappa shape index (κ3) is 8.56. The minimum Gasteiger partial charge on any atom is -0.386 e. The van der Waals surface area contributed by atoms with Crippen molar-refractivity contribution in [1.29, 1.82) is 0 Å². The first-order valence-electron chi connectivity index (χ1n) is 22.7. The van der Waals surface area contributed by atoms with E-state index in [1.165, 1.54) is 104 Å². The Morgan fingerprint density at radius 1 is 0.610 bits per heavy atom. The van der Waals surface area contributed by atoms with Gasteiger partial charge in [0.25, 0.3) is 0 Å². The van der Waals surface area contributed by atoms with E-state index in [2.05, 4.69) is 66.3 Å². The molecule has 8 rings (SSSR count). The molecule has 2 heterocycles. The summed E-state index contributed by atoms with van der Waals surface area (Å²) >= 11 is 0. The van der Waals surface area contributed by atoms with Gasteiger partial charge in [-0.3, -0.25) is 0 Å². The number of hydrogen-bond acceptors (Lipinski definition) is 3. The molecular weight excluding hydrogens is 732 g/mol. The van der Waals surface area contributed by atoms with Crippen molar-refractivity contribution in [1.82, 2.24) is 9.13 Å². The van der Waals surface area contributed by atoms with E-state index in [1.807, 2.05) is 30.3 Å². The molecule has 0 saturated heterocycles. The van der Waals surface area contributed by atoms with Gasteiger partial charge in [0, 0.05) is 34.3 Å². The lowest BCUT2D eigenvalue weighted by Crippen LogP contribution is -2.19. The average Bonchev–Trinajstić information content (AvgIpc) is 3.73. The standard InChI is InChI=1S/C53H61FN2O3/c1-4-6-8-10-19-37-28-30-41-43-23-16-25-45(50(43)55(48(41)32-37)34-39-21-13-12-18-36(39)3)52(57)59-53(58)46-26-17-24-44-42-31-29-38(20-11-9-7-5-2)33-49(42)56(51(44)46)35-40-22-14-15-27-47(40)54/h12-18,21-27,37-38H,4-11,19-20,28-35H2,1-3H3. The molecule has 2 aromatic heterocycles. The number of aryl methyl sites for hydroxylation is 3. The number of nitrogens with zero attached hydrogens (tertiary/aromatic N) is 2. The maximum Gasteiger partial charge on any atom is 0.348 e. The van der Waals surface area contributed by atoms with Crippen molar-refractivity contribution in [3.63, 3.8) is 0 Å². The lowest BCUT2D eigenvalue weighted by molar-refractivity contribution is 0.0400. The Morgan fingerprint density at radius 3 is 1.61 bits per heavy atom. The van der Waals surface area contributed by atoms with Crippen molar-refractivity contribution in [3.05, 3.63) is 141 Å². The van der Waals surface area contributed by atoms with Gasteiger partial charge >= 0.3 is 11.9 Å². The molecular formula is C53H61FN2O3. The molecule has 0 N–H and O–H groups in total. The van der Waals surface area contributed by atoms with Crippen LogP contribution in [0.1, 0.15) is 151 Å². The van der Waals surface area contributed by atoms with E-state index in [4.69, 9.17) is 4.74 Å². The van der Waals surface area contributed by atoms with Gasteiger partial charge in [0.2, 0.25) is 0 Å². The molecule has 6 aromatic rings. The zero-order valence-corrected chi connectivity index (χ0v) is 35.5. The molecule has 5 nitrogen and oxygen atoms in total. The number of unbranched alkanes of at least 4 members (excludes halogenated alkanes) is 6. The number of fused-ring (bicyclic) bond motifs is 6. The second-order valence-electron chi connectivity index (χ2n) is 17.5. The number of benzene rings is 4. The molecule has 2 aliphatic carbocycles. The van der Waals surface area contributed by atoms with E-state index < -0.39 is 11.9 Å². The fourth-order valence-corrected chi connectivity index (χ4v) is 10.4. The van der Waals surface area contributed by atoms with Crippen LogP contribution in [0.2, 0.25) is 0 Å². The van der Waals surface area contributed by atoms with E-state index in [0.29, 0.717) is 41.6 Å². The van der Waals surface area contributed by atoms with Gasteiger partial charge < -0.3 is 13.9 Å². The smallest absolute Gasteiger partial charge is 0.348 e. The van der Waals surface area contributed by atoms with Crippen LogP contribution >= 0.6 is 0 Å². The molecule has 2 atom stereocenters. The zero-order valence-electron chi connectivity index (χ0n) is 35.5. The van der Waals surface area contributed by atoms with Gasteiger partial charge in [-0.15, -0.1) is 0 Å². The normalized spacial score (nSPS) is 16.3. The maximum atomic E-state index is 15.3. The van der Waals surface area contributed by atoms with E-state index in [1.54, 1.807) is 12.1 Å². The minimum atomic E-state index is -0.674. The maximum absolute atomic E-state index is 15.3. The van der Waals surface area contributed by atoms with Gasteiger partial charge in [0.1, 0.15) is 5.82 Å². The van der Waals surface area contributed by atoms with Crippen LogP contribution in [0.3, 0.4) is 0 Å². The summed E-state index contributed by atoms with van der Waals surface area (Å²) in [5, 5.41) is 2.08. The summed E-state index contributed by atoms with van der Waals surface area (Å²) in [7, 11) is 0. The summed E-state index contributed by atoms with van der Waals surface area (Å²) in [6.45, 7) is 7.60. The molecule has 2 unspecified atom stereocenters. The topological polar surface area (TPSA) is 53.2 Å². The predicted octanol–water partition coefficient (Wildman–Crippen LogP) is 13.3. The second-order valence-corrected chi connectivity index (χ2v) is 17.5. The summed E-state index contributed by atoms with van der Waals surface area (Å²) in [5.41, 5.74) is 10.4. The third-order valence-corrected chi connectivity index (χ3v) is 13.6. The number of halogens is 1. The van der Waals surface area contributed by atoms with Crippen molar-refractivity contribution in [2.45, 2.75) is 137 Å². The Bertz CT molecular complexity index is 2280. The summed E-state index contributed by atoms with van der Waals surface area (Å²) < 4.78 is 25.8. The summed E-state index contributed by atoms with van der Waals surface area (Å²) in [6.07, 6.45) is 18.4. The molecule has 0 amide bonds. The van der Waals surface area contributed by atoms with Crippen molar-refractivity contribution < 1.29 is 18.7 Å². The largest absolute Gasteiger partial charge is 0.386 e. The quantitative estimate of drug-likeness (QED) is 0.0557. The number of aromatic nitrogens is 2. The highest BCUT2D eigenvalue weighted by atomic mass is 19.1. The Balaban J connectivity index is 1.15. The van der Waals surface area contributed by atoms with Gasteiger partial charge in [-0.1, -0.05) is 145 Å². The highest BCUT2D eigenvalue weighted by Gasteiger charge is 2.31. The molecule has 308 valence electrons. The van der Waals surface area contributed by atoms with E-state index in [-0.39, 0.29) is 5.82 Å². The fraction of sp³-hybridized carbons (Fsp3) is 0.434. The zero-order chi connectivity index (χ0) is 40.9. The summed E-state index contributed by atoms with van der Waals surface area (Å²) in [6, 6.07) is 27.0. The highest BCUT2D eigenvalue weighted by Crippen LogP contribution is 2.40. The molecule has 0 fully saturated rings. The number of hydrogen-bond donors (Lipinski definition) is 0. The van der Waals surface area contributed by atoms with Crippen LogP contribution in [-0.4, -0.2) is 21.1 Å². The molecule has 4 aromatic carbocycles. The Kier molecular flexibility index (Phi) is 12.8. The molecule has 0 radical (unpaired) electrons. The molecule has 0 spiro atoms. The lowest BCUT2D eigenvalue weighted by Gasteiger charge is -2.25. The highest BCUT2D eigenvalue weighted by molar-refractivity contribution is 6.13. The number of ether oxygens (including phenoxy) is 1. The Labute approximate surface area is 350 Å². The Hall–Kier alpha value is -4.97. The summed E-state index contributed by atoms with van der Waals surface area (Å²) in [5.74, 6) is -0.429. The van der Waals surface area contributed by atoms with Gasteiger partial charge in [-0.05, 0) is 97.7 Å². The van der Waals surface area contributed by atoms with E-state index in [0.717, 1.165) is 60.3 Å². The van der Waals surface area contributed by atoms with Gasteiger partial charge in [0.15, 0.2) is 0 Å². The van der Waals surface area contributed by atoms with Gasteiger partial charge in [-0.2, -0.15) is 0 Å². The number of carbonyl (C=O) groups is 2. The number of rotatable bonds is 16. The van der Waals surface area contributed by atoms with Crippen LogP contribution in [0.25, 0.3) is 21.8 Å². The number of carbonyl (C=O) groups excluding carboxylic acids is 2. The fourth-order valence-electron chi connectivity index (χ4n) is 10.4. The van der Waals surface area contributed by atoms with Crippen LogP contribution in [0.5, 0.6) is 0 Å². The van der Waals surface area contributed by atoms with Gasteiger partial charge in [0.05, 0.1) is 28.7 Å². The van der Waals surface area contributed by atoms with Crippen LogP contribution in [0, 0.1) is 24.6 Å². The second kappa shape index (κ2) is 18.5. The van der Waals surface area contributed by atoms with Crippen LogP contribution in [0.4, 0.5) is 4.39 Å². The number of esters is 2. The SMILES string of the molecule is CCCCCCC1CCc2c(n(Cc3ccccc3C)c3c(C(=O)OC(=O)c4cccc5c6c(n(Cc7ccccc7F)c45)CC(CCCCCC)CC6)cccc23)C1. The predicted molar refractivity (Wildman–Crippen MR) is 238 cm³/mol. The first-order valence-corrected chi connectivity index (χ1v) is 22.7.